The Hall–Kier alpha value is -0.930. The predicted molar refractivity (Wildman–Crippen MR) is 93.9 cm³/mol. The molecule has 0 atom stereocenters. The van der Waals surface area contributed by atoms with Crippen molar-refractivity contribution in [2.24, 2.45) is 0 Å². The molecule has 2 aromatic rings. The molecule has 1 nitrogen and oxygen atoms in total. The highest BCUT2D eigenvalue weighted by Crippen LogP contribution is 2.22. The Kier molecular flexibility index (Phi) is 5.99. The van der Waals surface area contributed by atoms with Crippen LogP contribution in [0.1, 0.15) is 25.3 Å². The van der Waals surface area contributed by atoms with Crippen molar-refractivity contribution >= 4 is 33.4 Å². The summed E-state index contributed by atoms with van der Waals surface area (Å²) in [4.78, 5) is 1.34. The van der Waals surface area contributed by atoms with Gasteiger partial charge in [0, 0.05) is 27.4 Å². The number of hydrogen-bond donors (Lipinski definition) is 1. The molecule has 0 aliphatic rings. The van der Waals surface area contributed by atoms with Crippen molar-refractivity contribution in [1.29, 1.82) is 0 Å². The zero-order valence-corrected chi connectivity index (χ0v) is 14.3. The minimum Gasteiger partial charge on any atom is -0.384 e. The van der Waals surface area contributed by atoms with Crippen molar-refractivity contribution in [3.05, 3.63) is 58.6 Å². The fourth-order valence-electron chi connectivity index (χ4n) is 1.88. The summed E-state index contributed by atoms with van der Waals surface area (Å²) in [5, 5.41) is 3.43. The second-order valence-electron chi connectivity index (χ2n) is 5.01. The Labute approximate surface area is 134 Å². The summed E-state index contributed by atoms with van der Waals surface area (Å²) in [6.07, 6.45) is 0. The second-order valence-corrected chi connectivity index (χ2v) is 7.09. The molecule has 3 heteroatoms. The van der Waals surface area contributed by atoms with Crippen molar-refractivity contribution < 1.29 is 0 Å². The molecule has 106 valence electrons. The van der Waals surface area contributed by atoms with Crippen molar-refractivity contribution in [1.82, 2.24) is 0 Å². The van der Waals surface area contributed by atoms with Gasteiger partial charge in [-0.1, -0.05) is 41.9 Å². The van der Waals surface area contributed by atoms with E-state index in [9.17, 15) is 0 Å². The first kappa shape index (κ1) is 15.5. The van der Waals surface area contributed by atoms with Gasteiger partial charge < -0.3 is 5.32 Å². The van der Waals surface area contributed by atoms with E-state index in [0.717, 1.165) is 16.8 Å². The lowest BCUT2D eigenvalue weighted by Gasteiger charge is -2.08. The average molecular weight is 350 g/mol. The quantitative estimate of drug-likeness (QED) is 0.524. The van der Waals surface area contributed by atoms with E-state index >= 15 is 0 Å². The van der Waals surface area contributed by atoms with Gasteiger partial charge in [0.1, 0.15) is 0 Å². The van der Waals surface area contributed by atoms with Crippen molar-refractivity contribution in [2.45, 2.75) is 24.7 Å². The van der Waals surface area contributed by atoms with Gasteiger partial charge in [0.05, 0.1) is 0 Å². The standard InChI is InChI=1S/C17H20BrNS/c1-13(2)14-3-9-17(10-4-14)20-12-11-19-16-7-5-15(18)6-8-16/h3-10,13,19H,11-12H2,1-2H3. The first-order valence-corrected chi connectivity index (χ1v) is 8.65. The number of rotatable bonds is 6. The highest BCUT2D eigenvalue weighted by atomic mass is 79.9. The summed E-state index contributed by atoms with van der Waals surface area (Å²) in [6.45, 7) is 5.42. The maximum Gasteiger partial charge on any atom is 0.0341 e. The zero-order valence-electron chi connectivity index (χ0n) is 11.9. The largest absolute Gasteiger partial charge is 0.384 e. The van der Waals surface area contributed by atoms with Gasteiger partial charge in [0.25, 0.3) is 0 Å². The van der Waals surface area contributed by atoms with Crippen molar-refractivity contribution in [3.8, 4) is 0 Å². The predicted octanol–water partition coefficient (Wildman–Crippen LogP) is 5.78. The highest BCUT2D eigenvalue weighted by molar-refractivity contribution is 9.10. The summed E-state index contributed by atoms with van der Waals surface area (Å²) in [6, 6.07) is 17.2. The molecule has 1 N–H and O–H groups in total. The number of benzene rings is 2. The third kappa shape index (κ3) is 4.88. The molecule has 0 aliphatic carbocycles. The fourth-order valence-corrected chi connectivity index (χ4v) is 2.91. The number of thioether (sulfide) groups is 1. The number of hydrogen-bond acceptors (Lipinski definition) is 2. The van der Waals surface area contributed by atoms with Gasteiger partial charge in [-0.3, -0.25) is 0 Å². The van der Waals surface area contributed by atoms with Crippen LogP contribution in [0.4, 0.5) is 5.69 Å². The zero-order chi connectivity index (χ0) is 14.4. The normalized spacial score (nSPS) is 10.8. The Bertz CT molecular complexity index is 520. The molecule has 0 bridgehead atoms. The minimum absolute atomic E-state index is 0.605. The number of halogens is 1. The minimum atomic E-state index is 0.605. The van der Waals surface area contributed by atoms with Crippen molar-refractivity contribution in [3.63, 3.8) is 0 Å². The summed E-state index contributed by atoms with van der Waals surface area (Å²) < 4.78 is 1.11. The van der Waals surface area contributed by atoms with E-state index in [0.29, 0.717) is 5.92 Å². The Morgan fingerprint density at radius 2 is 1.65 bits per heavy atom. The molecule has 0 heterocycles. The van der Waals surface area contributed by atoms with E-state index in [-0.39, 0.29) is 0 Å². The van der Waals surface area contributed by atoms with Gasteiger partial charge in [-0.25, -0.2) is 0 Å². The molecule has 0 radical (unpaired) electrons. The third-order valence-electron chi connectivity index (χ3n) is 3.09. The Balaban J connectivity index is 1.74. The van der Waals surface area contributed by atoms with Crippen LogP contribution < -0.4 is 5.32 Å². The number of anilines is 1. The van der Waals surface area contributed by atoms with E-state index in [4.69, 9.17) is 0 Å². The third-order valence-corrected chi connectivity index (χ3v) is 4.63. The molecule has 0 aromatic heterocycles. The summed E-state index contributed by atoms with van der Waals surface area (Å²) in [7, 11) is 0. The average Bonchev–Trinajstić information content (AvgIpc) is 2.46. The first-order valence-electron chi connectivity index (χ1n) is 6.87. The maximum absolute atomic E-state index is 3.44. The van der Waals surface area contributed by atoms with Gasteiger partial charge in [0.15, 0.2) is 0 Å². The molecular formula is C17H20BrNS. The van der Waals surface area contributed by atoms with Gasteiger partial charge >= 0.3 is 0 Å². The molecule has 0 fully saturated rings. The van der Waals surface area contributed by atoms with Crippen LogP contribution in [0.25, 0.3) is 0 Å². The lowest BCUT2D eigenvalue weighted by Crippen LogP contribution is -2.03. The first-order chi connectivity index (χ1) is 9.65. The van der Waals surface area contributed by atoms with Crippen LogP contribution in [0.3, 0.4) is 0 Å². The van der Waals surface area contributed by atoms with E-state index in [1.807, 2.05) is 11.8 Å². The Morgan fingerprint density at radius 1 is 1.00 bits per heavy atom. The van der Waals surface area contributed by atoms with E-state index in [1.54, 1.807) is 0 Å². The van der Waals surface area contributed by atoms with Gasteiger partial charge in [0.2, 0.25) is 0 Å². The monoisotopic (exact) mass is 349 g/mol. The molecule has 0 unspecified atom stereocenters. The molecule has 20 heavy (non-hydrogen) atoms. The summed E-state index contributed by atoms with van der Waals surface area (Å²) in [5.41, 5.74) is 2.58. The van der Waals surface area contributed by atoms with Crippen LogP contribution in [0.2, 0.25) is 0 Å². The van der Waals surface area contributed by atoms with Gasteiger partial charge in [-0.15, -0.1) is 11.8 Å². The summed E-state index contributed by atoms with van der Waals surface area (Å²) in [5.74, 6) is 1.67. The van der Waals surface area contributed by atoms with Crippen LogP contribution in [0.5, 0.6) is 0 Å². The van der Waals surface area contributed by atoms with Crippen LogP contribution in [-0.2, 0) is 0 Å². The SMILES string of the molecule is CC(C)c1ccc(SCCNc2ccc(Br)cc2)cc1. The van der Waals surface area contributed by atoms with Crippen LogP contribution in [0.15, 0.2) is 57.9 Å². The molecule has 2 aromatic carbocycles. The smallest absolute Gasteiger partial charge is 0.0341 e. The van der Waals surface area contributed by atoms with Gasteiger partial charge in [-0.05, 0) is 47.9 Å². The summed E-state index contributed by atoms with van der Waals surface area (Å²) >= 11 is 5.33. The van der Waals surface area contributed by atoms with E-state index in [1.165, 1.54) is 16.1 Å². The molecule has 2 rings (SSSR count). The second kappa shape index (κ2) is 7.75. The number of nitrogens with one attached hydrogen (secondary N) is 1. The maximum atomic E-state index is 3.44. The molecular weight excluding hydrogens is 330 g/mol. The topological polar surface area (TPSA) is 12.0 Å². The lowest BCUT2D eigenvalue weighted by molar-refractivity contribution is 0.865. The molecule has 0 aliphatic heterocycles. The lowest BCUT2D eigenvalue weighted by atomic mass is 10.0. The van der Waals surface area contributed by atoms with Crippen LogP contribution in [-0.4, -0.2) is 12.3 Å². The van der Waals surface area contributed by atoms with Crippen LogP contribution in [0, 0.1) is 0 Å². The molecule has 0 amide bonds. The van der Waals surface area contributed by atoms with E-state index in [2.05, 4.69) is 83.6 Å². The van der Waals surface area contributed by atoms with Crippen LogP contribution >= 0.6 is 27.7 Å². The molecule has 0 saturated carbocycles. The fraction of sp³-hybridized carbons (Fsp3) is 0.294. The molecule has 0 saturated heterocycles. The van der Waals surface area contributed by atoms with Gasteiger partial charge in [-0.2, -0.15) is 0 Å². The Morgan fingerprint density at radius 3 is 2.25 bits per heavy atom. The van der Waals surface area contributed by atoms with E-state index < -0.39 is 0 Å². The highest BCUT2D eigenvalue weighted by Gasteiger charge is 1.99. The molecule has 0 spiro atoms. The van der Waals surface area contributed by atoms with Crippen molar-refractivity contribution in [2.75, 3.05) is 17.6 Å².